The first-order chi connectivity index (χ1) is 6.88. The first kappa shape index (κ1) is 13.5. The van der Waals surface area contributed by atoms with Crippen molar-refractivity contribution < 1.29 is 19.1 Å². The maximum Gasteiger partial charge on any atom is 0.384 e. The second kappa shape index (κ2) is 6.07. The quantitative estimate of drug-likeness (QED) is 0.303. The van der Waals surface area contributed by atoms with Crippen LogP contribution < -0.4 is 0 Å². The van der Waals surface area contributed by atoms with Crippen LogP contribution in [0.1, 0.15) is 27.2 Å². The van der Waals surface area contributed by atoms with E-state index in [0.29, 0.717) is 6.42 Å². The Labute approximate surface area is 89.9 Å². The van der Waals surface area contributed by atoms with Crippen LogP contribution in [-0.4, -0.2) is 25.2 Å². The van der Waals surface area contributed by atoms with E-state index in [2.05, 4.69) is 4.74 Å². The summed E-state index contributed by atoms with van der Waals surface area (Å²) in [6, 6.07) is 0. The Hall–Kier alpha value is -1.50. The molecular weight excluding hydrogens is 196 g/mol. The predicted molar refractivity (Wildman–Crippen MR) is 54.8 cm³/mol. The van der Waals surface area contributed by atoms with Crippen LogP contribution in [0.2, 0.25) is 0 Å². The fourth-order valence-electron chi connectivity index (χ4n) is 0.647. The van der Waals surface area contributed by atoms with E-state index in [4.69, 9.17) is 11.2 Å². The largest absolute Gasteiger partial charge is 0.465 e. The number of terminal acetylenes is 1. The average molecular weight is 212 g/mol. The first-order valence-electron chi connectivity index (χ1n) is 4.68. The molecule has 0 aliphatic heterocycles. The van der Waals surface area contributed by atoms with Gasteiger partial charge in [-0.15, -0.1) is 6.42 Å². The van der Waals surface area contributed by atoms with Crippen LogP contribution in [0.25, 0.3) is 0 Å². The number of carbonyl (C=O) groups is 2. The van der Waals surface area contributed by atoms with Crippen molar-refractivity contribution in [3.8, 4) is 12.3 Å². The van der Waals surface area contributed by atoms with E-state index in [9.17, 15) is 9.59 Å². The Morgan fingerprint density at radius 1 is 1.20 bits per heavy atom. The van der Waals surface area contributed by atoms with Crippen molar-refractivity contribution in [2.45, 2.75) is 27.2 Å². The molecule has 0 aromatic heterocycles. The second-order valence-electron chi connectivity index (χ2n) is 4.02. The molecule has 0 fully saturated rings. The van der Waals surface area contributed by atoms with Crippen molar-refractivity contribution >= 4 is 11.9 Å². The van der Waals surface area contributed by atoms with Crippen LogP contribution in [-0.2, 0) is 19.1 Å². The number of ether oxygens (including phenoxy) is 2. The zero-order valence-electron chi connectivity index (χ0n) is 9.33. The SMILES string of the molecule is C#CC(=O)OCCCOC(=O)C(C)(C)C. The highest BCUT2D eigenvalue weighted by atomic mass is 16.5. The minimum atomic E-state index is -0.697. The van der Waals surface area contributed by atoms with Crippen LogP contribution in [0.5, 0.6) is 0 Å². The minimum absolute atomic E-state index is 0.167. The Morgan fingerprint density at radius 3 is 2.20 bits per heavy atom. The highest BCUT2D eigenvalue weighted by molar-refractivity contribution is 5.87. The maximum atomic E-state index is 11.3. The van der Waals surface area contributed by atoms with Gasteiger partial charge in [-0.25, -0.2) is 4.79 Å². The third-order valence-electron chi connectivity index (χ3n) is 1.49. The van der Waals surface area contributed by atoms with E-state index >= 15 is 0 Å². The number of esters is 2. The Bertz CT molecular complexity index is 267. The molecule has 0 rings (SSSR count). The number of carbonyl (C=O) groups excluding carboxylic acids is 2. The monoisotopic (exact) mass is 212 g/mol. The molecule has 0 aromatic carbocycles. The Morgan fingerprint density at radius 2 is 1.73 bits per heavy atom. The summed E-state index contributed by atoms with van der Waals surface area (Å²) in [5.41, 5.74) is -0.504. The molecule has 0 bridgehead atoms. The molecule has 0 N–H and O–H groups in total. The first-order valence-corrected chi connectivity index (χ1v) is 4.68. The molecule has 0 spiro atoms. The molecule has 0 amide bonds. The third-order valence-corrected chi connectivity index (χ3v) is 1.49. The van der Waals surface area contributed by atoms with Crippen molar-refractivity contribution in [3.05, 3.63) is 0 Å². The standard InChI is InChI=1S/C11H16O4/c1-5-9(12)14-7-6-8-15-10(13)11(2,3)4/h1H,6-8H2,2-4H3. The van der Waals surface area contributed by atoms with Gasteiger partial charge < -0.3 is 9.47 Å². The summed E-state index contributed by atoms with van der Waals surface area (Å²) in [6.07, 6.45) is 5.24. The summed E-state index contributed by atoms with van der Waals surface area (Å²) in [7, 11) is 0. The van der Waals surface area contributed by atoms with Gasteiger partial charge in [0.05, 0.1) is 18.6 Å². The zero-order chi connectivity index (χ0) is 11.9. The van der Waals surface area contributed by atoms with Gasteiger partial charge in [0.25, 0.3) is 0 Å². The van der Waals surface area contributed by atoms with Gasteiger partial charge in [0, 0.05) is 12.3 Å². The van der Waals surface area contributed by atoms with Crippen molar-refractivity contribution in [1.29, 1.82) is 0 Å². The minimum Gasteiger partial charge on any atom is -0.465 e. The maximum absolute atomic E-state index is 11.3. The molecule has 0 aliphatic carbocycles. The molecule has 15 heavy (non-hydrogen) atoms. The summed E-state index contributed by atoms with van der Waals surface area (Å²) >= 11 is 0. The lowest BCUT2D eigenvalue weighted by atomic mass is 9.97. The highest BCUT2D eigenvalue weighted by Gasteiger charge is 2.22. The van der Waals surface area contributed by atoms with E-state index in [1.807, 2.05) is 5.92 Å². The third kappa shape index (κ3) is 6.55. The molecule has 0 saturated carbocycles. The van der Waals surface area contributed by atoms with Crippen LogP contribution >= 0.6 is 0 Å². The van der Waals surface area contributed by atoms with Crippen molar-refractivity contribution in [1.82, 2.24) is 0 Å². The van der Waals surface area contributed by atoms with Crippen LogP contribution in [0.4, 0.5) is 0 Å². The smallest absolute Gasteiger partial charge is 0.384 e. The lowest BCUT2D eigenvalue weighted by molar-refractivity contribution is -0.153. The number of hydrogen-bond donors (Lipinski definition) is 0. The second-order valence-corrected chi connectivity index (χ2v) is 4.02. The fourth-order valence-corrected chi connectivity index (χ4v) is 0.647. The van der Waals surface area contributed by atoms with Gasteiger partial charge in [-0.2, -0.15) is 0 Å². The molecule has 0 radical (unpaired) electrons. The summed E-state index contributed by atoms with van der Waals surface area (Å²) in [4.78, 5) is 21.8. The van der Waals surface area contributed by atoms with E-state index in [1.54, 1.807) is 20.8 Å². The van der Waals surface area contributed by atoms with E-state index in [0.717, 1.165) is 0 Å². The lowest BCUT2D eigenvalue weighted by Gasteiger charge is -2.16. The van der Waals surface area contributed by atoms with Crippen LogP contribution in [0, 0.1) is 17.8 Å². The van der Waals surface area contributed by atoms with Crippen molar-refractivity contribution in [2.24, 2.45) is 5.41 Å². The highest BCUT2D eigenvalue weighted by Crippen LogP contribution is 2.14. The van der Waals surface area contributed by atoms with Gasteiger partial charge in [-0.05, 0) is 20.8 Å². The Kier molecular flexibility index (Phi) is 5.46. The van der Waals surface area contributed by atoms with Crippen molar-refractivity contribution in [2.75, 3.05) is 13.2 Å². The number of rotatable bonds is 4. The van der Waals surface area contributed by atoms with Gasteiger partial charge in [0.1, 0.15) is 0 Å². The molecule has 0 aromatic rings. The van der Waals surface area contributed by atoms with Crippen molar-refractivity contribution in [3.63, 3.8) is 0 Å². The van der Waals surface area contributed by atoms with E-state index in [1.165, 1.54) is 0 Å². The van der Waals surface area contributed by atoms with E-state index in [-0.39, 0.29) is 19.2 Å². The normalized spacial score (nSPS) is 10.3. The molecular formula is C11H16O4. The van der Waals surface area contributed by atoms with Crippen LogP contribution in [0.3, 0.4) is 0 Å². The van der Waals surface area contributed by atoms with Gasteiger partial charge in [0.2, 0.25) is 0 Å². The molecule has 84 valence electrons. The topological polar surface area (TPSA) is 52.6 Å². The molecule has 4 nitrogen and oxygen atoms in total. The van der Waals surface area contributed by atoms with Gasteiger partial charge in [-0.3, -0.25) is 4.79 Å². The zero-order valence-corrected chi connectivity index (χ0v) is 9.33. The Balaban J connectivity index is 3.53. The van der Waals surface area contributed by atoms with Gasteiger partial charge >= 0.3 is 11.9 Å². The molecule has 0 atom stereocenters. The number of hydrogen-bond acceptors (Lipinski definition) is 4. The summed E-state index contributed by atoms with van der Waals surface area (Å²) < 4.78 is 9.53. The van der Waals surface area contributed by atoms with Crippen LogP contribution in [0.15, 0.2) is 0 Å². The average Bonchev–Trinajstić information content (AvgIpc) is 2.15. The van der Waals surface area contributed by atoms with E-state index < -0.39 is 11.4 Å². The summed E-state index contributed by atoms with van der Waals surface area (Å²) in [5.74, 6) is 0.850. The molecule has 0 heterocycles. The molecule has 0 aliphatic rings. The van der Waals surface area contributed by atoms with Gasteiger partial charge in [-0.1, -0.05) is 0 Å². The predicted octanol–water partition coefficient (Wildman–Crippen LogP) is 1.14. The summed E-state index contributed by atoms with van der Waals surface area (Å²) in [5, 5.41) is 0. The molecule has 4 heteroatoms. The fraction of sp³-hybridized carbons (Fsp3) is 0.636. The van der Waals surface area contributed by atoms with Gasteiger partial charge in [0.15, 0.2) is 0 Å². The molecule has 0 saturated heterocycles. The lowest BCUT2D eigenvalue weighted by Crippen LogP contribution is -2.23. The summed E-state index contributed by atoms with van der Waals surface area (Å²) in [6.45, 7) is 5.71. The molecule has 0 unspecified atom stereocenters.